The van der Waals surface area contributed by atoms with Crippen LogP contribution in [-0.4, -0.2) is 76.3 Å². The second kappa shape index (κ2) is 11.2. The molecule has 4 fully saturated rings. The van der Waals surface area contributed by atoms with Gasteiger partial charge in [0, 0.05) is 24.7 Å². The predicted molar refractivity (Wildman–Crippen MR) is 154 cm³/mol. The quantitative estimate of drug-likeness (QED) is 0.504. The van der Waals surface area contributed by atoms with Crippen LogP contribution in [0.15, 0.2) is 48.5 Å². The highest BCUT2D eigenvalue weighted by Crippen LogP contribution is 2.41. The van der Waals surface area contributed by atoms with Crippen LogP contribution in [0, 0.1) is 11.8 Å². The third kappa shape index (κ3) is 5.18. The molecule has 1 saturated carbocycles. The fourth-order valence-corrected chi connectivity index (χ4v) is 6.63. The van der Waals surface area contributed by atoms with E-state index in [0.29, 0.717) is 38.2 Å². The molecule has 1 aliphatic carbocycles. The summed E-state index contributed by atoms with van der Waals surface area (Å²) >= 11 is 0. The van der Waals surface area contributed by atoms with Gasteiger partial charge in [-0.15, -0.1) is 0 Å². The number of imide groups is 1. The first-order chi connectivity index (χ1) is 19.9. The van der Waals surface area contributed by atoms with E-state index < -0.39 is 12.0 Å². The molecule has 3 heterocycles. The largest absolute Gasteiger partial charge is 0.494 e. The van der Waals surface area contributed by atoms with Crippen molar-refractivity contribution in [3.63, 3.8) is 0 Å². The molecular formula is C32H38N4O5. The summed E-state index contributed by atoms with van der Waals surface area (Å²) in [5.74, 6) is 0.0259. The van der Waals surface area contributed by atoms with E-state index in [0.717, 1.165) is 42.6 Å². The van der Waals surface area contributed by atoms with Crippen molar-refractivity contribution in [2.75, 3.05) is 25.0 Å². The number of anilines is 1. The van der Waals surface area contributed by atoms with Gasteiger partial charge in [0.2, 0.25) is 17.7 Å². The molecule has 3 saturated heterocycles. The van der Waals surface area contributed by atoms with E-state index in [1.807, 2.05) is 55.5 Å². The van der Waals surface area contributed by atoms with Crippen molar-refractivity contribution in [1.82, 2.24) is 14.7 Å². The number of ether oxygens (including phenoxy) is 1. The predicted octanol–water partition coefficient (Wildman–Crippen LogP) is 4.52. The Morgan fingerprint density at radius 3 is 2.22 bits per heavy atom. The van der Waals surface area contributed by atoms with Crippen LogP contribution in [0.3, 0.4) is 0 Å². The van der Waals surface area contributed by atoms with Gasteiger partial charge in [-0.3, -0.25) is 19.3 Å². The van der Waals surface area contributed by atoms with E-state index in [1.165, 1.54) is 4.90 Å². The Labute approximate surface area is 240 Å². The van der Waals surface area contributed by atoms with Gasteiger partial charge in [0.1, 0.15) is 11.8 Å². The summed E-state index contributed by atoms with van der Waals surface area (Å²) in [4.78, 5) is 57.8. The number of nitrogens with zero attached hydrogens (tertiary/aromatic N) is 3. The number of amides is 5. The molecule has 4 aliphatic rings. The molecule has 6 rings (SSSR count). The number of hydrogen-bond donors (Lipinski definition) is 1. The Morgan fingerprint density at radius 2 is 1.56 bits per heavy atom. The molecule has 2 aromatic carbocycles. The zero-order valence-electron chi connectivity index (χ0n) is 23.8. The monoisotopic (exact) mass is 558 g/mol. The number of urea groups is 1. The standard InChI is InChI=1S/C32H38N4O5/c1-3-19-41-25-14-10-22(11-15-25)21-8-12-24(13-9-21)33-32(40)34-17-4-5-27(34)31(39)35-18-16-26-28(35)20(2)29(37)36(26)30(38)23-6-7-23/h8-15,20,23,26-28H,3-7,16-19H2,1-2H3,(H,33,40)/t20-,26-,27-,28+/m0/s1. The van der Waals surface area contributed by atoms with E-state index in [-0.39, 0.29) is 41.8 Å². The smallest absolute Gasteiger partial charge is 0.322 e. The highest BCUT2D eigenvalue weighted by atomic mass is 16.5. The first kappa shape index (κ1) is 27.3. The van der Waals surface area contributed by atoms with Gasteiger partial charge >= 0.3 is 6.03 Å². The minimum atomic E-state index is -0.572. The van der Waals surface area contributed by atoms with Gasteiger partial charge in [-0.25, -0.2) is 4.79 Å². The summed E-state index contributed by atoms with van der Waals surface area (Å²) in [6.07, 6.45) is 4.57. The molecule has 5 amide bonds. The summed E-state index contributed by atoms with van der Waals surface area (Å²) in [5.41, 5.74) is 2.74. The summed E-state index contributed by atoms with van der Waals surface area (Å²) in [6.45, 7) is 5.58. The minimum Gasteiger partial charge on any atom is -0.494 e. The van der Waals surface area contributed by atoms with Crippen LogP contribution in [0.4, 0.5) is 10.5 Å². The van der Waals surface area contributed by atoms with Gasteiger partial charge < -0.3 is 19.9 Å². The summed E-state index contributed by atoms with van der Waals surface area (Å²) in [5, 5.41) is 2.96. The summed E-state index contributed by atoms with van der Waals surface area (Å²) in [6, 6.07) is 14.2. The molecular weight excluding hydrogens is 520 g/mol. The topological polar surface area (TPSA) is 99.3 Å². The number of rotatable bonds is 7. The number of carbonyl (C=O) groups excluding carboxylic acids is 4. The molecule has 0 spiro atoms. The Balaban J connectivity index is 1.09. The van der Waals surface area contributed by atoms with Crippen molar-refractivity contribution in [3.05, 3.63) is 48.5 Å². The minimum absolute atomic E-state index is 0.0385. The second-order valence-electron chi connectivity index (χ2n) is 11.7. The molecule has 2 aromatic rings. The van der Waals surface area contributed by atoms with Crippen LogP contribution in [0.5, 0.6) is 5.75 Å². The highest BCUT2D eigenvalue weighted by Gasteiger charge is 2.57. The van der Waals surface area contributed by atoms with Crippen LogP contribution < -0.4 is 10.1 Å². The molecule has 9 nitrogen and oxygen atoms in total. The fraction of sp³-hybridized carbons (Fsp3) is 0.500. The van der Waals surface area contributed by atoms with Gasteiger partial charge in [0.05, 0.1) is 24.6 Å². The molecule has 216 valence electrons. The Kier molecular flexibility index (Phi) is 7.45. The maximum atomic E-state index is 13.8. The molecule has 0 bridgehead atoms. The first-order valence-electron chi connectivity index (χ1n) is 15.0. The van der Waals surface area contributed by atoms with E-state index in [1.54, 1.807) is 9.80 Å². The van der Waals surface area contributed by atoms with Crippen LogP contribution >= 0.6 is 0 Å². The van der Waals surface area contributed by atoms with Crippen molar-refractivity contribution in [2.24, 2.45) is 11.8 Å². The van der Waals surface area contributed by atoms with Crippen LogP contribution in [0.1, 0.15) is 52.4 Å². The van der Waals surface area contributed by atoms with Crippen molar-refractivity contribution in [1.29, 1.82) is 0 Å². The van der Waals surface area contributed by atoms with Gasteiger partial charge in [-0.1, -0.05) is 38.1 Å². The number of nitrogens with one attached hydrogen (secondary N) is 1. The van der Waals surface area contributed by atoms with Gasteiger partial charge in [-0.2, -0.15) is 0 Å². The van der Waals surface area contributed by atoms with Crippen molar-refractivity contribution in [3.8, 4) is 16.9 Å². The molecule has 1 N–H and O–H groups in total. The van der Waals surface area contributed by atoms with Crippen LogP contribution in [0.25, 0.3) is 11.1 Å². The molecule has 41 heavy (non-hydrogen) atoms. The average molecular weight is 559 g/mol. The van der Waals surface area contributed by atoms with Gasteiger partial charge in [-0.05, 0) is 73.9 Å². The SMILES string of the molecule is CCCOc1ccc(-c2ccc(NC(=O)N3CCC[C@H]3C(=O)N3CC[C@H]4[C@H]3[C@H](C)C(=O)N4C(=O)C3CC3)cc2)cc1. The molecule has 0 radical (unpaired) electrons. The Hall–Kier alpha value is -3.88. The van der Waals surface area contributed by atoms with Crippen LogP contribution in [-0.2, 0) is 14.4 Å². The number of hydrogen-bond acceptors (Lipinski definition) is 5. The number of fused-ring (bicyclic) bond motifs is 1. The van der Waals surface area contributed by atoms with Gasteiger partial charge in [0.25, 0.3) is 0 Å². The lowest BCUT2D eigenvalue weighted by molar-refractivity contribution is -0.146. The maximum Gasteiger partial charge on any atom is 0.322 e. The highest BCUT2D eigenvalue weighted by molar-refractivity contribution is 6.02. The zero-order valence-corrected chi connectivity index (χ0v) is 23.8. The lowest BCUT2D eigenvalue weighted by Gasteiger charge is -2.32. The summed E-state index contributed by atoms with van der Waals surface area (Å²) < 4.78 is 5.66. The van der Waals surface area contributed by atoms with E-state index >= 15 is 0 Å². The number of carbonyl (C=O) groups is 4. The average Bonchev–Trinajstić information content (AvgIpc) is 3.47. The Bertz CT molecular complexity index is 1320. The van der Waals surface area contributed by atoms with Gasteiger partial charge in [0.15, 0.2) is 0 Å². The third-order valence-corrected chi connectivity index (χ3v) is 8.93. The van der Waals surface area contributed by atoms with E-state index in [4.69, 9.17) is 4.74 Å². The second-order valence-corrected chi connectivity index (χ2v) is 11.7. The first-order valence-corrected chi connectivity index (χ1v) is 15.0. The molecule has 0 aromatic heterocycles. The molecule has 3 aliphatic heterocycles. The maximum absolute atomic E-state index is 13.8. The van der Waals surface area contributed by atoms with E-state index in [9.17, 15) is 19.2 Å². The third-order valence-electron chi connectivity index (χ3n) is 8.93. The van der Waals surface area contributed by atoms with E-state index in [2.05, 4.69) is 12.2 Å². The van der Waals surface area contributed by atoms with Crippen molar-refractivity contribution >= 4 is 29.4 Å². The summed E-state index contributed by atoms with van der Waals surface area (Å²) in [7, 11) is 0. The van der Waals surface area contributed by atoms with Crippen molar-refractivity contribution in [2.45, 2.75) is 70.5 Å². The molecule has 9 heteroatoms. The number of benzene rings is 2. The zero-order chi connectivity index (χ0) is 28.7. The number of likely N-dealkylation sites (tertiary alicyclic amines) is 3. The Morgan fingerprint density at radius 1 is 0.878 bits per heavy atom. The molecule has 4 atom stereocenters. The van der Waals surface area contributed by atoms with Crippen molar-refractivity contribution < 1.29 is 23.9 Å². The lowest BCUT2D eigenvalue weighted by atomic mass is 10.0. The van der Waals surface area contributed by atoms with Crippen LogP contribution in [0.2, 0.25) is 0 Å². The molecule has 0 unspecified atom stereocenters. The fourth-order valence-electron chi connectivity index (χ4n) is 6.63. The normalized spacial score (nSPS) is 25.4. The lowest BCUT2D eigenvalue weighted by Crippen LogP contribution is -2.52.